The van der Waals surface area contributed by atoms with Crippen LogP contribution in [0.4, 0.5) is 11.4 Å². The van der Waals surface area contributed by atoms with Crippen molar-refractivity contribution in [2.75, 3.05) is 43.0 Å². The first-order valence-electron chi connectivity index (χ1n) is 12.1. The van der Waals surface area contributed by atoms with Crippen molar-refractivity contribution in [3.05, 3.63) is 94.7 Å². The number of hydrogen-bond acceptors (Lipinski definition) is 6. The highest BCUT2D eigenvalue weighted by Crippen LogP contribution is 2.39. The van der Waals surface area contributed by atoms with E-state index in [1.54, 1.807) is 6.08 Å². The Bertz CT molecular complexity index is 1260. The van der Waals surface area contributed by atoms with Crippen molar-refractivity contribution in [1.29, 1.82) is 5.26 Å². The number of para-hydroxylation sites is 2. The summed E-state index contributed by atoms with van der Waals surface area (Å²) in [5.41, 5.74) is 4.32. The van der Waals surface area contributed by atoms with Gasteiger partial charge in [-0.1, -0.05) is 60.1 Å². The quantitative estimate of drug-likeness (QED) is 0.212. The van der Waals surface area contributed by atoms with Crippen molar-refractivity contribution < 1.29 is 9.59 Å². The molecule has 1 aliphatic carbocycles. The topological polar surface area (TPSA) is 67.7 Å². The van der Waals surface area contributed by atoms with E-state index in [1.807, 2.05) is 49.5 Å². The fourth-order valence-corrected chi connectivity index (χ4v) is 4.80. The lowest BCUT2D eigenvalue weighted by Crippen LogP contribution is -2.33. The lowest BCUT2D eigenvalue weighted by atomic mass is 9.98. The van der Waals surface area contributed by atoms with Crippen LogP contribution in [0.2, 0.25) is 0 Å². The largest absolute Gasteiger partial charge is 0.361 e. The number of nitrogens with zero attached hydrogens (tertiary/aromatic N) is 4. The Kier molecular flexibility index (Phi) is 8.37. The highest BCUT2D eigenvalue weighted by molar-refractivity contribution is 6.62. The number of Topliss-reactive ketones (excluding diaryl/α,β-unsaturated/α-hetero) is 2. The molecule has 0 unspecified atom stereocenters. The molecule has 1 aliphatic heterocycles. The van der Waals surface area contributed by atoms with Gasteiger partial charge in [-0.25, -0.2) is 0 Å². The molecule has 2 aromatic carbocycles. The summed E-state index contributed by atoms with van der Waals surface area (Å²) < 4.78 is 0. The van der Waals surface area contributed by atoms with Crippen molar-refractivity contribution in [1.82, 2.24) is 4.90 Å². The van der Waals surface area contributed by atoms with Gasteiger partial charge < -0.3 is 14.7 Å². The summed E-state index contributed by atoms with van der Waals surface area (Å²) >= 11 is 6.24. The fraction of sp³-hybridized carbons (Fsp3) is 0.276. The molecule has 2 aliphatic rings. The normalized spacial score (nSPS) is 15.7. The maximum Gasteiger partial charge on any atom is 0.244 e. The molecule has 1 heterocycles. The van der Waals surface area contributed by atoms with Gasteiger partial charge in [-0.3, -0.25) is 9.59 Å². The van der Waals surface area contributed by atoms with Gasteiger partial charge in [-0.2, -0.15) is 5.26 Å². The zero-order valence-electron chi connectivity index (χ0n) is 20.4. The smallest absolute Gasteiger partial charge is 0.244 e. The van der Waals surface area contributed by atoms with E-state index >= 15 is 0 Å². The Labute approximate surface area is 217 Å². The standard InChI is InChI=1S/C29H29ClN4O2/c1-32(16-8-7-15-31)17-9-10-18-34-26-14-6-5-13-25(26)33(20-22-11-3-2-4-12-22)21-23-27(34)19-24(30)29(36)28(23)35/h2-8,11-14,19H,9-10,16-18,20-21H2,1H3/b8-7+. The maximum atomic E-state index is 13.1. The number of carbonyl (C=O) groups excluding carboxylic acids is 2. The van der Waals surface area contributed by atoms with Crippen molar-refractivity contribution in [2.45, 2.75) is 19.4 Å². The molecule has 7 heteroatoms. The molecule has 0 fully saturated rings. The zero-order chi connectivity index (χ0) is 25.5. The van der Waals surface area contributed by atoms with Gasteiger partial charge in [0.15, 0.2) is 0 Å². The second-order valence-corrected chi connectivity index (χ2v) is 9.40. The number of halogens is 1. The van der Waals surface area contributed by atoms with Gasteiger partial charge in [0, 0.05) is 37.8 Å². The third-order valence-corrected chi connectivity index (χ3v) is 6.70. The molecule has 0 amide bonds. The van der Waals surface area contributed by atoms with Gasteiger partial charge in [0.25, 0.3) is 0 Å². The summed E-state index contributed by atoms with van der Waals surface area (Å²) in [7, 11) is 2.03. The number of fused-ring (bicyclic) bond motifs is 1. The number of likely N-dealkylation sites (N-methyl/N-ethyl adjacent to an activating group) is 1. The number of rotatable bonds is 9. The lowest BCUT2D eigenvalue weighted by Gasteiger charge is -2.29. The van der Waals surface area contributed by atoms with Crippen molar-refractivity contribution in [2.24, 2.45) is 0 Å². The molecular weight excluding hydrogens is 472 g/mol. The Morgan fingerprint density at radius 3 is 2.50 bits per heavy atom. The molecule has 6 nitrogen and oxygen atoms in total. The second kappa shape index (κ2) is 11.9. The Morgan fingerprint density at radius 1 is 1.03 bits per heavy atom. The molecule has 0 radical (unpaired) electrons. The number of unbranched alkanes of at least 4 members (excludes halogenated alkanes) is 1. The summed E-state index contributed by atoms with van der Waals surface area (Å²) in [6.45, 7) is 3.22. The van der Waals surface area contributed by atoms with Crippen LogP contribution in [-0.2, 0) is 16.1 Å². The molecule has 0 saturated carbocycles. The van der Waals surface area contributed by atoms with E-state index in [2.05, 4.69) is 39.0 Å². The molecule has 0 atom stereocenters. The van der Waals surface area contributed by atoms with Crippen LogP contribution in [0.1, 0.15) is 18.4 Å². The van der Waals surface area contributed by atoms with Crippen molar-refractivity contribution >= 4 is 34.5 Å². The molecule has 0 bridgehead atoms. The van der Waals surface area contributed by atoms with E-state index in [4.69, 9.17) is 16.9 Å². The van der Waals surface area contributed by atoms with E-state index in [-0.39, 0.29) is 5.03 Å². The van der Waals surface area contributed by atoms with Gasteiger partial charge in [-0.15, -0.1) is 0 Å². The number of allylic oxidation sites excluding steroid dienone is 3. The molecule has 0 spiro atoms. The molecule has 2 aromatic rings. The zero-order valence-corrected chi connectivity index (χ0v) is 21.1. The van der Waals surface area contributed by atoms with E-state index in [1.165, 1.54) is 6.08 Å². The Balaban J connectivity index is 1.63. The maximum absolute atomic E-state index is 13.1. The monoisotopic (exact) mass is 500 g/mol. The van der Waals surface area contributed by atoms with Crippen LogP contribution in [0.15, 0.2) is 89.1 Å². The minimum absolute atomic E-state index is 0.0400. The third kappa shape index (κ3) is 5.76. The van der Waals surface area contributed by atoms with Gasteiger partial charge >= 0.3 is 0 Å². The van der Waals surface area contributed by atoms with Crippen molar-refractivity contribution in [3.8, 4) is 6.07 Å². The SMILES string of the molecule is CN(C/C=C/C#N)CCCCN1C2=C(CN(Cc3ccccc3)c3ccccc31)C(=O)C(=O)C(Cl)=C2. The summed E-state index contributed by atoms with van der Waals surface area (Å²) in [4.78, 5) is 32.1. The minimum atomic E-state index is -0.645. The van der Waals surface area contributed by atoms with Crippen LogP contribution in [0, 0.1) is 11.3 Å². The highest BCUT2D eigenvalue weighted by Gasteiger charge is 2.35. The molecule has 0 aromatic heterocycles. The van der Waals surface area contributed by atoms with E-state index in [9.17, 15) is 9.59 Å². The van der Waals surface area contributed by atoms with Crippen LogP contribution in [0.3, 0.4) is 0 Å². The van der Waals surface area contributed by atoms with Crippen LogP contribution in [0.25, 0.3) is 0 Å². The summed E-state index contributed by atoms with van der Waals surface area (Å²) in [6.07, 6.45) is 6.82. The fourth-order valence-electron chi connectivity index (χ4n) is 4.61. The average molecular weight is 501 g/mol. The molecule has 36 heavy (non-hydrogen) atoms. The lowest BCUT2D eigenvalue weighted by molar-refractivity contribution is -0.131. The summed E-state index contributed by atoms with van der Waals surface area (Å²) in [5, 5.41) is 8.62. The minimum Gasteiger partial charge on any atom is -0.361 e. The first kappa shape index (κ1) is 25.4. The summed E-state index contributed by atoms with van der Waals surface area (Å²) in [6, 6.07) is 20.2. The predicted octanol–water partition coefficient (Wildman–Crippen LogP) is 4.83. The Morgan fingerprint density at radius 2 is 1.75 bits per heavy atom. The van der Waals surface area contributed by atoms with Gasteiger partial charge in [0.1, 0.15) is 0 Å². The number of ketones is 2. The van der Waals surface area contributed by atoms with E-state index < -0.39 is 11.6 Å². The first-order valence-corrected chi connectivity index (χ1v) is 12.5. The molecule has 184 valence electrons. The number of hydrogen-bond donors (Lipinski definition) is 0. The van der Waals surface area contributed by atoms with E-state index in [0.29, 0.717) is 30.9 Å². The van der Waals surface area contributed by atoms with Gasteiger partial charge in [0.05, 0.1) is 28.2 Å². The summed E-state index contributed by atoms with van der Waals surface area (Å²) in [5.74, 6) is -1.18. The van der Waals surface area contributed by atoms with Gasteiger partial charge in [-0.05, 0) is 50.2 Å². The number of nitriles is 1. The second-order valence-electron chi connectivity index (χ2n) is 9.00. The number of anilines is 2. The predicted molar refractivity (Wildman–Crippen MR) is 144 cm³/mol. The number of carbonyl (C=O) groups is 2. The van der Waals surface area contributed by atoms with Crippen LogP contribution in [0.5, 0.6) is 0 Å². The molecular formula is C29H29ClN4O2. The number of benzene rings is 2. The highest BCUT2D eigenvalue weighted by atomic mass is 35.5. The molecule has 0 saturated heterocycles. The van der Waals surface area contributed by atoms with Crippen LogP contribution < -0.4 is 9.80 Å². The van der Waals surface area contributed by atoms with Crippen molar-refractivity contribution in [3.63, 3.8) is 0 Å². The molecule has 4 rings (SSSR count). The molecule has 0 N–H and O–H groups in total. The average Bonchev–Trinajstić information content (AvgIpc) is 3.01. The van der Waals surface area contributed by atoms with Gasteiger partial charge in [0.2, 0.25) is 11.6 Å². The van der Waals surface area contributed by atoms with Crippen LogP contribution >= 0.6 is 11.6 Å². The first-order chi connectivity index (χ1) is 17.5. The van der Waals surface area contributed by atoms with Crippen LogP contribution in [-0.4, -0.2) is 49.7 Å². The third-order valence-electron chi connectivity index (χ3n) is 6.42. The Hall–Kier alpha value is -3.66. The van der Waals surface area contributed by atoms with E-state index in [0.717, 1.165) is 42.9 Å².